The Morgan fingerprint density at radius 3 is 2.07 bits per heavy atom. The summed E-state index contributed by atoms with van der Waals surface area (Å²) in [7, 11) is 0. The Hall–Kier alpha value is -2.73. The molecule has 1 aliphatic rings. The average molecular weight is 361 g/mol. The highest BCUT2D eigenvalue weighted by Gasteiger charge is 2.30. The van der Waals surface area contributed by atoms with Crippen LogP contribution in [0.4, 0.5) is 0 Å². The minimum atomic E-state index is 0.0264. The van der Waals surface area contributed by atoms with Crippen LogP contribution in [0.3, 0.4) is 0 Å². The molecule has 2 aromatic carbocycles. The zero-order valence-corrected chi connectivity index (χ0v) is 16.3. The maximum atomic E-state index is 11.9. The third-order valence-corrected chi connectivity index (χ3v) is 4.51. The van der Waals surface area contributed by atoms with E-state index in [1.165, 1.54) is 0 Å². The Labute approximate surface area is 162 Å². The van der Waals surface area contributed by atoms with Gasteiger partial charge >= 0.3 is 0 Å². The van der Waals surface area contributed by atoms with Crippen molar-refractivity contribution in [1.82, 2.24) is 5.32 Å². The first-order valence-corrected chi connectivity index (χ1v) is 9.66. The molecule has 0 heterocycles. The van der Waals surface area contributed by atoms with Crippen LogP contribution in [-0.4, -0.2) is 12.5 Å². The van der Waals surface area contributed by atoms with Crippen LogP contribution in [0, 0.1) is 23.7 Å². The van der Waals surface area contributed by atoms with Crippen molar-refractivity contribution in [1.29, 1.82) is 0 Å². The highest BCUT2D eigenvalue weighted by molar-refractivity contribution is 5.81. The largest absolute Gasteiger partial charge is 0.493 e. The number of hydrogen-bond acceptors (Lipinski definition) is 2. The molecule has 1 N–H and O–H groups in total. The second-order valence-corrected chi connectivity index (χ2v) is 7.61. The van der Waals surface area contributed by atoms with E-state index in [0.29, 0.717) is 5.92 Å². The van der Waals surface area contributed by atoms with Crippen molar-refractivity contribution in [3.05, 3.63) is 65.2 Å². The van der Waals surface area contributed by atoms with Gasteiger partial charge in [-0.25, -0.2) is 0 Å². The lowest BCUT2D eigenvalue weighted by molar-refractivity contribution is -0.122. The van der Waals surface area contributed by atoms with E-state index in [4.69, 9.17) is 4.74 Å². The highest BCUT2D eigenvalue weighted by Crippen LogP contribution is 2.29. The van der Waals surface area contributed by atoms with E-state index < -0.39 is 0 Å². The lowest BCUT2D eigenvalue weighted by atomic mass is 10.1. The second kappa shape index (κ2) is 8.77. The molecule has 0 radical (unpaired) electrons. The normalized spacial score (nSPS) is 14.2. The van der Waals surface area contributed by atoms with Crippen molar-refractivity contribution >= 4 is 5.91 Å². The van der Waals surface area contributed by atoms with Gasteiger partial charge in [0.15, 0.2) is 0 Å². The van der Waals surface area contributed by atoms with Gasteiger partial charge < -0.3 is 10.1 Å². The van der Waals surface area contributed by atoms with Gasteiger partial charge in [0, 0.05) is 17.0 Å². The third kappa shape index (κ3) is 5.89. The minimum absolute atomic E-state index is 0.0264. The number of ether oxygens (including phenoxy) is 1. The summed E-state index contributed by atoms with van der Waals surface area (Å²) in [5, 5.41) is 3.07. The SMILES string of the molecule is CC(C)COc1ccc(C#Cc2ccc(C(C)NC(=O)C3CC3)cc2)cc1. The summed E-state index contributed by atoms with van der Waals surface area (Å²) in [6, 6.07) is 16.0. The first-order valence-electron chi connectivity index (χ1n) is 9.66. The van der Waals surface area contributed by atoms with Gasteiger partial charge in [-0.15, -0.1) is 0 Å². The van der Waals surface area contributed by atoms with Gasteiger partial charge in [-0.2, -0.15) is 0 Å². The quantitative estimate of drug-likeness (QED) is 0.757. The molecule has 3 nitrogen and oxygen atoms in total. The standard InChI is InChI=1S/C24H27NO2/c1-17(2)16-27-23-14-8-20(9-15-23)5-4-19-6-10-21(11-7-19)18(3)25-24(26)22-12-13-22/h6-11,14-15,17-18,22H,12-13,16H2,1-3H3,(H,25,26). The predicted molar refractivity (Wildman–Crippen MR) is 108 cm³/mol. The number of nitrogens with one attached hydrogen (secondary N) is 1. The molecule has 1 atom stereocenters. The summed E-state index contributed by atoms with van der Waals surface area (Å²) in [5.74, 6) is 8.17. The molecule has 1 fully saturated rings. The Morgan fingerprint density at radius 2 is 1.56 bits per heavy atom. The molecule has 1 saturated carbocycles. The summed E-state index contributed by atoms with van der Waals surface area (Å²) in [5.41, 5.74) is 3.02. The lowest BCUT2D eigenvalue weighted by Gasteiger charge is -2.14. The van der Waals surface area contributed by atoms with Crippen molar-refractivity contribution in [3.8, 4) is 17.6 Å². The molecule has 1 amide bonds. The predicted octanol–water partition coefficient (Wildman–Crippen LogP) is 4.71. The molecule has 1 unspecified atom stereocenters. The van der Waals surface area contributed by atoms with Crippen molar-refractivity contribution < 1.29 is 9.53 Å². The fraction of sp³-hybridized carbons (Fsp3) is 0.375. The molecular formula is C24H27NO2. The molecular weight excluding hydrogens is 334 g/mol. The van der Waals surface area contributed by atoms with E-state index in [2.05, 4.69) is 31.0 Å². The van der Waals surface area contributed by atoms with Crippen LogP contribution in [0.25, 0.3) is 0 Å². The molecule has 140 valence electrons. The van der Waals surface area contributed by atoms with Crippen LogP contribution in [0.2, 0.25) is 0 Å². The van der Waals surface area contributed by atoms with Crippen LogP contribution in [0.15, 0.2) is 48.5 Å². The van der Waals surface area contributed by atoms with E-state index in [-0.39, 0.29) is 17.9 Å². The summed E-state index contributed by atoms with van der Waals surface area (Å²) >= 11 is 0. The van der Waals surface area contributed by atoms with E-state index in [1.807, 2.05) is 55.5 Å². The van der Waals surface area contributed by atoms with E-state index in [9.17, 15) is 4.79 Å². The summed E-state index contributed by atoms with van der Waals surface area (Å²) in [6.07, 6.45) is 2.05. The van der Waals surface area contributed by atoms with Crippen molar-refractivity contribution in [2.24, 2.45) is 11.8 Å². The van der Waals surface area contributed by atoms with Crippen molar-refractivity contribution in [2.45, 2.75) is 39.7 Å². The minimum Gasteiger partial charge on any atom is -0.493 e. The number of rotatable bonds is 6. The third-order valence-electron chi connectivity index (χ3n) is 4.51. The lowest BCUT2D eigenvalue weighted by Crippen LogP contribution is -2.27. The summed E-state index contributed by atoms with van der Waals surface area (Å²) in [6.45, 7) is 7.00. The highest BCUT2D eigenvalue weighted by atomic mass is 16.5. The Kier molecular flexibility index (Phi) is 6.19. The molecule has 0 spiro atoms. The van der Waals surface area contributed by atoms with Gasteiger partial charge in [-0.1, -0.05) is 37.8 Å². The average Bonchev–Trinajstić information content (AvgIpc) is 3.51. The number of hydrogen-bond donors (Lipinski definition) is 1. The molecule has 0 saturated heterocycles. The molecule has 1 aliphatic carbocycles. The van der Waals surface area contributed by atoms with Crippen LogP contribution in [0.5, 0.6) is 5.75 Å². The first kappa shape index (κ1) is 19.0. The van der Waals surface area contributed by atoms with Crippen LogP contribution in [-0.2, 0) is 4.79 Å². The van der Waals surface area contributed by atoms with Crippen molar-refractivity contribution in [3.63, 3.8) is 0 Å². The fourth-order valence-corrected chi connectivity index (χ4v) is 2.66. The van der Waals surface area contributed by atoms with Crippen LogP contribution >= 0.6 is 0 Å². The Morgan fingerprint density at radius 1 is 1.00 bits per heavy atom. The van der Waals surface area contributed by atoms with Gasteiger partial charge in [0.1, 0.15) is 5.75 Å². The molecule has 3 rings (SSSR count). The van der Waals surface area contributed by atoms with Gasteiger partial charge in [0.05, 0.1) is 12.6 Å². The zero-order valence-electron chi connectivity index (χ0n) is 16.3. The maximum Gasteiger partial charge on any atom is 0.223 e. The van der Waals surface area contributed by atoms with Crippen LogP contribution < -0.4 is 10.1 Å². The topological polar surface area (TPSA) is 38.3 Å². The second-order valence-electron chi connectivity index (χ2n) is 7.61. The van der Waals surface area contributed by atoms with Crippen molar-refractivity contribution in [2.75, 3.05) is 6.61 Å². The van der Waals surface area contributed by atoms with Gasteiger partial charge in [0.2, 0.25) is 5.91 Å². The van der Waals surface area contributed by atoms with Gasteiger partial charge in [-0.3, -0.25) is 4.79 Å². The molecule has 0 aliphatic heterocycles. The van der Waals surface area contributed by atoms with E-state index in [1.54, 1.807) is 0 Å². The molecule has 0 bridgehead atoms. The van der Waals surface area contributed by atoms with Gasteiger partial charge in [-0.05, 0) is 67.6 Å². The number of carbonyl (C=O) groups is 1. The Bertz CT molecular complexity index is 821. The van der Waals surface area contributed by atoms with E-state index in [0.717, 1.165) is 41.9 Å². The maximum absolute atomic E-state index is 11.9. The molecule has 27 heavy (non-hydrogen) atoms. The molecule has 2 aromatic rings. The van der Waals surface area contributed by atoms with Crippen LogP contribution in [0.1, 0.15) is 56.3 Å². The molecule has 3 heteroatoms. The fourth-order valence-electron chi connectivity index (χ4n) is 2.66. The first-order chi connectivity index (χ1) is 13.0. The van der Waals surface area contributed by atoms with Gasteiger partial charge in [0.25, 0.3) is 0 Å². The summed E-state index contributed by atoms with van der Waals surface area (Å²) in [4.78, 5) is 11.9. The number of carbonyl (C=O) groups excluding carboxylic acids is 1. The summed E-state index contributed by atoms with van der Waals surface area (Å²) < 4.78 is 5.69. The Balaban J connectivity index is 1.57. The molecule has 0 aromatic heterocycles. The van der Waals surface area contributed by atoms with E-state index >= 15 is 0 Å². The zero-order chi connectivity index (χ0) is 19.2. The number of benzene rings is 2. The monoisotopic (exact) mass is 361 g/mol. The smallest absolute Gasteiger partial charge is 0.223 e. The number of amides is 1.